The Hall–Kier alpha value is -1.38. The summed E-state index contributed by atoms with van der Waals surface area (Å²) >= 11 is 0. The standard InChI is InChI=1S/C18H22N2O2S/c19-11-18(7-8-18)12-23(21,22)20-17-15-5-6-16(17)10-14-4-2-1-3-13(14)9-15/h1-4,15-17,20H,5-10,12H2. The van der Waals surface area contributed by atoms with Crippen molar-refractivity contribution in [2.45, 2.75) is 44.6 Å². The minimum Gasteiger partial charge on any atom is -0.212 e. The van der Waals surface area contributed by atoms with E-state index in [4.69, 9.17) is 5.26 Å². The molecule has 23 heavy (non-hydrogen) atoms. The van der Waals surface area contributed by atoms with Gasteiger partial charge >= 0.3 is 0 Å². The Morgan fingerprint density at radius 2 is 1.70 bits per heavy atom. The molecule has 1 N–H and O–H groups in total. The molecule has 2 saturated carbocycles. The third kappa shape index (κ3) is 2.90. The highest BCUT2D eigenvalue weighted by atomic mass is 32.2. The lowest BCUT2D eigenvalue weighted by atomic mass is 9.94. The Kier molecular flexibility index (Phi) is 3.51. The van der Waals surface area contributed by atoms with Gasteiger partial charge in [-0.2, -0.15) is 5.26 Å². The molecule has 3 aliphatic rings. The molecule has 2 bridgehead atoms. The summed E-state index contributed by atoms with van der Waals surface area (Å²) in [6.07, 6.45) is 5.54. The van der Waals surface area contributed by atoms with Gasteiger partial charge in [0.05, 0.1) is 17.2 Å². The summed E-state index contributed by atoms with van der Waals surface area (Å²) in [7, 11) is -3.39. The van der Waals surface area contributed by atoms with Crippen LogP contribution < -0.4 is 4.72 Å². The van der Waals surface area contributed by atoms with E-state index in [2.05, 4.69) is 35.1 Å². The number of rotatable bonds is 4. The zero-order valence-corrected chi connectivity index (χ0v) is 14.0. The Morgan fingerprint density at radius 3 is 2.17 bits per heavy atom. The van der Waals surface area contributed by atoms with Gasteiger partial charge in [-0.25, -0.2) is 13.1 Å². The van der Waals surface area contributed by atoms with Crippen LogP contribution in [0.5, 0.6) is 0 Å². The number of hydrogen-bond acceptors (Lipinski definition) is 3. The summed E-state index contributed by atoms with van der Waals surface area (Å²) in [6.45, 7) is 0. The van der Waals surface area contributed by atoms with Gasteiger partial charge in [0.2, 0.25) is 10.0 Å². The molecule has 0 amide bonds. The van der Waals surface area contributed by atoms with Gasteiger partial charge in [-0.05, 0) is 61.5 Å². The molecule has 0 radical (unpaired) electrons. The molecule has 0 saturated heterocycles. The van der Waals surface area contributed by atoms with Gasteiger partial charge < -0.3 is 0 Å². The Morgan fingerprint density at radius 1 is 1.13 bits per heavy atom. The highest BCUT2D eigenvalue weighted by Crippen LogP contribution is 2.46. The average molecular weight is 330 g/mol. The normalized spacial score (nSPS) is 31.0. The van der Waals surface area contributed by atoms with Gasteiger partial charge in [0.25, 0.3) is 0 Å². The fraction of sp³-hybridized carbons (Fsp3) is 0.611. The second-order valence-corrected chi connectivity index (χ2v) is 9.32. The first-order valence-electron chi connectivity index (χ1n) is 8.48. The number of nitrogens with zero attached hydrogens (tertiary/aromatic N) is 1. The van der Waals surface area contributed by atoms with Crippen LogP contribution in [0.1, 0.15) is 36.8 Å². The zero-order valence-electron chi connectivity index (χ0n) is 13.2. The van der Waals surface area contributed by atoms with Gasteiger partial charge in [0.1, 0.15) is 0 Å². The SMILES string of the molecule is N#CC1(CS(=O)(=O)NC2C3CCC2Cc2ccccc2C3)CC1. The van der Waals surface area contributed by atoms with E-state index in [-0.39, 0.29) is 11.8 Å². The van der Waals surface area contributed by atoms with E-state index >= 15 is 0 Å². The number of nitriles is 1. The van der Waals surface area contributed by atoms with Crippen LogP contribution in [0.25, 0.3) is 0 Å². The van der Waals surface area contributed by atoms with Gasteiger partial charge in [-0.15, -0.1) is 0 Å². The molecule has 3 aliphatic carbocycles. The summed E-state index contributed by atoms with van der Waals surface area (Å²) in [5.74, 6) is 0.741. The lowest BCUT2D eigenvalue weighted by Crippen LogP contribution is -2.44. The van der Waals surface area contributed by atoms with Crippen molar-refractivity contribution in [3.05, 3.63) is 35.4 Å². The van der Waals surface area contributed by atoms with Gasteiger partial charge in [-0.1, -0.05) is 24.3 Å². The van der Waals surface area contributed by atoms with Crippen LogP contribution in [0.4, 0.5) is 0 Å². The van der Waals surface area contributed by atoms with Crippen LogP contribution in [0.15, 0.2) is 24.3 Å². The van der Waals surface area contributed by atoms with Crippen LogP contribution in [0.2, 0.25) is 0 Å². The van der Waals surface area contributed by atoms with E-state index in [0.29, 0.717) is 24.7 Å². The fourth-order valence-electron chi connectivity index (χ4n) is 4.40. The molecule has 1 aromatic carbocycles. The highest BCUT2D eigenvalue weighted by Gasteiger charge is 2.48. The van der Waals surface area contributed by atoms with Gasteiger partial charge in [0, 0.05) is 6.04 Å². The first kappa shape index (κ1) is 15.2. The molecule has 2 unspecified atom stereocenters. The van der Waals surface area contributed by atoms with Crippen LogP contribution in [-0.4, -0.2) is 20.2 Å². The second kappa shape index (κ2) is 5.32. The van der Waals surface area contributed by atoms with Gasteiger partial charge in [-0.3, -0.25) is 0 Å². The first-order chi connectivity index (χ1) is 11.0. The molecule has 2 atom stereocenters. The lowest BCUT2D eigenvalue weighted by molar-refractivity contribution is 0.385. The predicted octanol–water partition coefficient (Wildman–Crippen LogP) is 2.40. The minimum absolute atomic E-state index is 0.0284. The summed E-state index contributed by atoms with van der Waals surface area (Å²) in [4.78, 5) is 0. The van der Waals surface area contributed by atoms with Crippen molar-refractivity contribution in [1.82, 2.24) is 4.72 Å². The lowest BCUT2D eigenvalue weighted by Gasteiger charge is -2.24. The summed E-state index contributed by atoms with van der Waals surface area (Å²) in [5, 5.41) is 9.16. The van der Waals surface area contributed by atoms with Crippen molar-refractivity contribution in [3.8, 4) is 6.07 Å². The Bertz CT molecular complexity index is 728. The van der Waals surface area contributed by atoms with E-state index in [1.54, 1.807) is 0 Å². The van der Waals surface area contributed by atoms with Crippen molar-refractivity contribution >= 4 is 10.0 Å². The molecule has 0 spiro atoms. The minimum atomic E-state index is -3.39. The van der Waals surface area contributed by atoms with Crippen molar-refractivity contribution in [2.75, 3.05) is 5.75 Å². The summed E-state index contributed by atoms with van der Waals surface area (Å²) < 4.78 is 28.1. The Balaban J connectivity index is 1.53. The molecule has 122 valence electrons. The largest absolute Gasteiger partial charge is 0.213 e. The first-order valence-corrected chi connectivity index (χ1v) is 10.1. The van der Waals surface area contributed by atoms with E-state index in [0.717, 1.165) is 25.7 Å². The molecule has 0 heterocycles. The molecule has 4 rings (SSSR count). The smallest absolute Gasteiger partial charge is 0.212 e. The van der Waals surface area contributed by atoms with Crippen molar-refractivity contribution in [1.29, 1.82) is 5.26 Å². The molecular weight excluding hydrogens is 308 g/mol. The maximum absolute atomic E-state index is 12.6. The highest BCUT2D eigenvalue weighted by molar-refractivity contribution is 7.89. The van der Waals surface area contributed by atoms with Crippen molar-refractivity contribution in [2.24, 2.45) is 17.3 Å². The monoisotopic (exact) mass is 330 g/mol. The van der Waals surface area contributed by atoms with E-state index in [1.165, 1.54) is 11.1 Å². The van der Waals surface area contributed by atoms with Crippen LogP contribution in [-0.2, 0) is 22.9 Å². The van der Waals surface area contributed by atoms with Crippen molar-refractivity contribution < 1.29 is 8.42 Å². The van der Waals surface area contributed by atoms with Gasteiger partial charge in [0.15, 0.2) is 0 Å². The van der Waals surface area contributed by atoms with Crippen LogP contribution >= 0.6 is 0 Å². The number of sulfonamides is 1. The third-order valence-corrected chi connectivity index (χ3v) is 7.44. The van der Waals surface area contributed by atoms with Crippen molar-refractivity contribution in [3.63, 3.8) is 0 Å². The molecule has 0 aromatic heterocycles. The number of benzene rings is 1. The average Bonchev–Trinajstić information content (AvgIpc) is 3.19. The summed E-state index contributed by atoms with van der Waals surface area (Å²) in [6, 6.07) is 10.7. The van der Waals surface area contributed by atoms with E-state index < -0.39 is 15.4 Å². The molecule has 5 heteroatoms. The topological polar surface area (TPSA) is 70.0 Å². The maximum atomic E-state index is 12.6. The Labute approximate surface area is 137 Å². The third-order valence-electron chi connectivity index (χ3n) is 5.88. The van der Waals surface area contributed by atoms with E-state index in [1.807, 2.05) is 0 Å². The number of fused-ring (bicyclic) bond motifs is 3. The molecule has 2 fully saturated rings. The zero-order chi connectivity index (χ0) is 16.1. The molecular formula is C18H22N2O2S. The molecule has 1 aromatic rings. The van der Waals surface area contributed by atoms with Crippen LogP contribution in [0, 0.1) is 28.6 Å². The van der Waals surface area contributed by atoms with Crippen LogP contribution in [0.3, 0.4) is 0 Å². The fourth-order valence-corrected chi connectivity index (χ4v) is 6.36. The quantitative estimate of drug-likeness (QED) is 0.921. The number of nitrogens with one attached hydrogen (secondary N) is 1. The predicted molar refractivity (Wildman–Crippen MR) is 88.1 cm³/mol. The molecule has 0 aliphatic heterocycles. The summed E-state index contributed by atoms with van der Waals surface area (Å²) in [5.41, 5.74) is 2.14. The van der Waals surface area contributed by atoms with E-state index in [9.17, 15) is 8.42 Å². The maximum Gasteiger partial charge on any atom is 0.213 e. The molecule has 4 nitrogen and oxygen atoms in total. The second-order valence-electron chi connectivity index (χ2n) is 7.57. The number of hydrogen-bond donors (Lipinski definition) is 1.